The summed E-state index contributed by atoms with van der Waals surface area (Å²) < 4.78 is 0. The first-order chi connectivity index (χ1) is 8.79. The third-order valence-electron chi connectivity index (χ3n) is 3.77. The molecule has 2 heteroatoms. The molecule has 1 saturated heterocycles. The molecule has 2 rings (SSSR count). The maximum atomic E-state index is 3.56. The molecule has 1 heterocycles. The fourth-order valence-electron chi connectivity index (χ4n) is 2.82. The fraction of sp³-hybridized carbons (Fsp3) is 0.625. The average molecular weight is 246 g/mol. The van der Waals surface area contributed by atoms with E-state index in [1.165, 1.54) is 36.9 Å². The molecule has 1 atom stereocenters. The maximum absolute atomic E-state index is 3.56. The molecule has 100 valence electrons. The van der Waals surface area contributed by atoms with Crippen molar-refractivity contribution in [2.24, 2.45) is 0 Å². The Hall–Kier alpha value is -0.860. The Balaban J connectivity index is 1.87. The van der Waals surface area contributed by atoms with E-state index in [4.69, 9.17) is 0 Å². The highest BCUT2D eigenvalue weighted by molar-refractivity contribution is 5.22. The zero-order valence-electron chi connectivity index (χ0n) is 11.8. The summed E-state index contributed by atoms with van der Waals surface area (Å²) in [6.07, 6.45) is 3.93. The van der Waals surface area contributed by atoms with E-state index in [9.17, 15) is 0 Å². The third kappa shape index (κ3) is 3.82. The number of likely N-dealkylation sites (tertiary alicyclic amines) is 1. The van der Waals surface area contributed by atoms with Crippen molar-refractivity contribution in [3.63, 3.8) is 0 Å². The van der Waals surface area contributed by atoms with Crippen molar-refractivity contribution in [2.75, 3.05) is 19.6 Å². The van der Waals surface area contributed by atoms with Gasteiger partial charge in [-0.2, -0.15) is 0 Å². The van der Waals surface area contributed by atoms with Crippen LogP contribution in [0.3, 0.4) is 0 Å². The van der Waals surface area contributed by atoms with Crippen molar-refractivity contribution in [1.29, 1.82) is 0 Å². The SMILES string of the molecule is CCCNCC1CCCN1Cc1cccc(C)c1. The molecular weight excluding hydrogens is 220 g/mol. The summed E-state index contributed by atoms with van der Waals surface area (Å²) in [4.78, 5) is 2.64. The summed E-state index contributed by atoms with van der Waals surface area (Å²) in [7, 11) is 0. The van der Waals surface area contributed by atoms with Gasteiger partial charge in [0.1, 0.15) is 0 Å². The second kappa shape index (κ2) is 6.91. The lowest BCUT2D eigenvalue weighted by molar-refractivity contribution is 0.239. The van der Waals surface area contributed by atoms with Crippen molar-refractivity contribution in [1.82, 2.24) is 10.2 Å². The average Bonchev–Trinajstić information content (AvgIpc) is 2.77. The number of nitrogens with zero attached hydrogens (tertiary/aromatic N) is 1. The first kappa shape index (κ1) is 13.6. The van der Waals surface area contributed by atoms with Crippen LogP contribution in [0.15, 0.2) is 24.3 Å². The molecule has 18 heavy (non-hydrogen) atoms. The van der Waals surface area contributed by atoms with Crippen LogP contribution in [-0.2, 0) is 6.54 Å². The topological polar surface area (TPSA) is 15.3 Å². The van der Waals surface area contributed by atoms with Crippen molar-refractivity contribution >= 4 is 0 Å². The summed E-state index contributed by atoms with van der Waals surface area (Å²) in [5.41, 5.74) is 2.82. The predicted octanol–water partition coefficient (Wildman–Crippen LogP) is 2.96. The first-order valence-corrected chi connectivity index (χ1v) is 7.30. The van der Waals surface area contributed by atoms with E-state index >= 15 is 0 Å². The van der Waals surface area contributed by atoms with Gasteiger partial charge in [-0.1, -0.05) is 36.8 Å². The molecule has 0 bridgehead atoms. The minimum absolute atomic E-state index is 0.733. The van der Waals surface area contributed by atoms with E-state index in [0.29, 0.717) is 0 Å². The molecule has 0 aliphatic carbocycles. The quantitative estimate of drug-likeness (QED) is 0.776. The second-order valence-corrected chi connectivity index (χ2v) is 5.46. The highest BCUT2D eigenvalue weighted by Gasteiger charge is 2.23. The van der Waals surface area contributed by atoms with E-state index in [1.54, 1.807) is 0 Å². The van der Waals surface area contributed by atoms with Gasteiger partial charge in [-0.05, 0) is 44.8 Å². The number of hydrogen-bond acceptors (Lipinski definition) is 2. The van der Waals surface area contributed by atoms with Gasteiger partial charge < -0.3 is 5.32 Å². The van der Waals surface area contributed by atoms with Crippen LogP contribution in [0, 0.1) is 6.92 Å². The smallest absolute Gasteiger partial charge is 0.0237 e. The Morgan fingerprint density at radius 3 is 3.06 bits per heavy atom. The van der Waals surface area contributed by atoms with Gasteiger partial charge in [0.25, 0.3) is 0 Å². The Morgan fingerprint density at radius 1 is 1.39 bits per heavy atom. The van der Waals surface area contributed by atoms with Crippen LogP contribution in [-0.4, -0.2) is 30.6 Å². The zero-order chi connectivity index (χ0) is 12.8. The van der Waals surface area contributed by atoms with E-state index in [0.717, 1.165) is 25.7 Å². The molecule has 1 aromatic rings. The molecule has 0 spiro atoms. The molecule has 0 aromatic heterocycles. The molecule has 1 aliphatic rings. The summed E-state index contributed by atoms with van der Waals surface area (Å²) in [5.74, 6) is 0. The molecular formula is C16H26N2. The zero-order valence-corrected chi connectivity index (χ0v) is 11.8. The van der Waals surface area contributed by atoms with Gasteiger partial charge in [-0.3, -0.25) is 4.90 Å². The van der Waals surface area contributed by atoms with Crippen molar-refractivity contribution < 1.29 is 0 Å². The molecule has 1 N–H and O–H groups in total. The van der Waals surface area contributed by atoms with Gasteiger partial charge >= 0.3 is 0 Å². The Bertz CT molecular complexity index is 362. The summed E-state index contributed by atoms with van der Waals surface area (Å²) in [6.45, 7) is 9.07. The second-order valence-electron chi connectivity index (χ2n) is 5.46. The van der Waals surface area contributed by atoms with Crippen LogP contribution < -0.4 is 5.32 Å². The molecule has 2 nitrogen and oxygen atoms in total. The van der Waals surface area contributed by atoms with E-state index < -0.39 is 0 Å². The van der Waals surface area contributed by atoms with E-state index in [1.807, 2.05) is 0 Å². The van der Waals surface area contributed by atoms with Gasteiger partial charge in [-0.25, -0.2) is 0 Å². The molecule has 1 fully saturated rings. The maximum Gasteiger partial charge on any atom is 0.0237 e. The minimum Gasteiger partial charge on any atom is -0.315 e. The Kier molecular flexibility index (Phi) is 5.21. The van der Waals surface area contributed by atoms with E-state index in [-0.39, 0.29) is 0 Å². The number of hydrogen-bond donors (Lipinski definition) is 1. The third-order valence-corrected chi connectivity index (χ3v) is 3.77. The van der Waals surface area contributed by atoms with Gasteiger partial charge in [0.15, 0.2) is 0 Å². The molecule has 0 amide bonds. The highest BCUT2D eigenvalue weighted by atomic mass is 15.2. The van der Waals surface area contributed by atoms with Gasteiger partial charge in [0.05, 0.1) is 0 Å². The van der Waals surface area contributed by atoms with Crippen LogP contribution in [0.25, 0.3) is 0 Å². The number of nitrogens with one attached hydrogen (secondary N) is 1. The summed E-state index contributed by atoms with van der Waals surface area (Å²) in [6, 6.07) is 9.65. The number of benzene rings is 1. The summed E-state index contributed by atoms with van der Waals surface area (Å²) in [5, 5.41) is 3.56. The molecule has 0 radical (unpaired) electrons. The van der Waals surface area contributed by atoms with Crippen LogP contribution in [0.4, 0.5) is 0 Å². The predicted molar refractivity (Wildman–Crippen MR) is 77.8 cm³/mol. The van der Waals surface area contributed by atoms with Crippen LogP contribution in [0.5, 0.6) is 0 Å². The molecule has 1 aliphatic heterocycles. The summed E-state index contributed by atoms with van der Waals surface area (Å²) >= 11 is 0. The normalized spacial score (nSPS) is 20.4. The molecule has 1 unspecified atom stereocenters. The van der Waals surface area contributed by atoms with Gasteiger partial charge in [0, 0.05) is 19.1 Å². The minimum atomic E-state index is 0.733. The standard InChI is InChI=1S/C16H26N2/c1-3-9-17-12-16-8-5-10-18(16)13-15-7-4-6-14(2)11-15/h4,6-7,11,16-17H,3,5,8-10,12-13H2,1-2H3. The van der Waals surface area contributed by atoms with E-state index in [2.05, 4.69) is 48.3 Å². The lowest BCUT2D eigenvalue weighted by Crippen LogP contribution is -2.37. The van der Waals surface area contributed by atoms with Crippen molar-refractivity contribution in [3.8, 4) is 0 Å². The number of aryl methyl sites for hydroxylation is 1. The van der Waals surface area contributed by atoms with Crippen LogP contribution in [0.2, 0.25) is 0 Å². The van der Waals surface area contributed by atoms with Crippen LogP contribution in [0.1, 0.15) is 37.3 Å². The molecule has 0 saturated carbocycles. The Labute approximate surface area is 111 Å². The lowest BCUT2D eigenvalue weighted by Gasteiger charge is -2.25. The largest absolute Gasteiger partial charge is 0.315 e. The molecule has 1 aromatic carbocycles. The number of rotatable bonds is 6. The van der Waals surface area contributed by atoms with Crippen molar-refractivity contribution in [2.45, 2.75) is 45.7 Å². The Morgan fingerprint density at radius 2 is 2.28 bits per heavy atom. The van der Waals surface area contributed by atoms with Gasteiger partial charge in [0.2, 0.25) is 0 Å². The highest BCUT2D eigenvalue weighted by Crippen LogP contribution is 2.19. The lowest BCUT2D eigenvalue weighted by atomic mass is 10.1. The van der Waals surface area contributed by atoms with Crippen molar-refractivity contribution in [3.05, 3.63) is 35.4 Å². The van der Waals surface area contributed by atoms with Gasteiger partial charge in [-0.15, -0.1) is 0 Å². The monoisotopic (exact) mass is 246 g/mol. The van der Waals surface area contributed by atoms with Crippen LogP contribution >= 0.6 is 0 Å². The first-order valence-electron chi connectivity index (χ1n) is 7.30. The fourth-order valence-corrected chi connectivity index (χ4v) is 2.82.